The standard InChI is InChI=1S/C15H34N2/c1-7-9-16-12-14(3)17-10-8-13(2)11-15(4,5)6/h13-14,16-17H,7-12H2,1-6H3. The molecule has 104 valence electrons. The molecule has 2 atom stereocenters. The highest BCUT2D eigenvalue weighted by Gasteiger charge is 2.14. The summed E-state index contributed by atoms with van der Waals surface area (Å²) in [5.41, 5.74) is 0.466. The van der Waals surface area contributed by atoms with Gasteiger partial charge in [-0.05, 0) is 50.6 Å². The summed E-state index contributed by atoms with van der Waals surface area (Å²) in [5, 5.41) is 7.04. The summed E-state index contributed by atoms with van der Waals surface area (Å²) in [6.45, 7) is 17.2. The molecule has 0 saturated heterocycles. The summed E-state index contributed by atoms with van der Waals surface area (Å²) < 4.78 is 0. The van der Waals surface area contributed by atoms with Crippen molar-refractivity contribution in [1.82, 2.24) is 10.6 Å². The second kappa shape index (κ2) is 8.93. The molecular weight excluding hydrogens is 208 g/mol. The molecule has 0 spiro atoms. The fourth-order valence-corrected chi connectivity index (χ4v) is 2.29. The molecule has 0 rings (SSSR count). The molecule has 0 aromatic heterocycles. The van der Waals surface area contributed by atoms with Crippen molar-refractivity contribution in [2.75, 3.05) is 19.6 Å². The maximum absolute atomic E-state index is 3.60. The Bertz CT molecular complexity index is 172. The maximum atomic E-state index is 3.60. The van der Waals surface area contributed by atoms with E-state index in [2.05, 4.69) is 52.2 Å². The summed E-state index contributed by atoms with van der Waals surface area (Å²) >= 11 is 0. The molecule has 0 aliphatic rings. The highest BCUT2D eigenvalue weighted by molar-refractivity contribution is 4.69. The molecule has 2 N–H and O–H groups in total. The summed E-state index contributed by atoms with van der Waals surface area (Å²) in [5.74, 6) is 0.818. The minimum absolute atomic E-state index is 0.466. The molecule has 0 aliphatic heterocycles. The lowest BCUT2D eigenvalue weighted by Crippen LogP contribution is -2.37. The van der Waals surface area contributed by atoms with Gasteiger partial charge in [-0.3, -0.25) is 0 Å². The first-order chi connectivity index (χ1) is 7.85. The fourth-order valence-electron chi connectivity index (χ4n) is 2.29. The van der Waals surface area contributed by atoms with Crippen molar-refractivity contribution in [3.63, 3.8) is 0 Å². The van der Waals surface area contributed by atoms with Gasteiger partial charge in [0.25, 0.3) is 0 Å². The Labute approximate surface area is 109 Å². The third-order valence-corrected chi connectivity index (χ3v) is 2.97. The van der Waals surface area contributed by atoms with Crippen LogP contribution in [0.1, 0.15) is 60.8 Å². The molecule has 0 aromatic rings. The SMILES string of the molecule is CCCNCC(C)NCCC(C)CC(C)(C)C. The van der Waals surface area contributed by atoms with Gasteiger partial charge in [-0.1, -0.05) is 34.6 Å². The lowest BCUT2D eigenvalue weighted by atomic mass is 9.84. The molecule has 2 nitrogen and oxygen atoms in total. The highest BCUT2D eigenvalue weighted by Crippen LogP contribution is 2.25. The molecule has 0 fully saturated rings. The lowest BCUT2D eigenvalue weighted by Gasteiger charge is -2.24. The first-order valence-corrected chi connectivity index (χ1v) is 7.29. The van der Waals surface area contributed by atoms with Crippen LogP contribution in [0.2, 0.25) is 0 Å². The summed E-state index contributed by atoms with van der Waals surface area (Å²) in [6.07, 6.45) is 3.82. The van der Waals surface area contributed by atoms with E-state index in [4.69, 9.17) is 0 Å². The average molecular weight is 242 g/mol. The Balaban J connectivity index is 3.49. The molecule has 0 aromatic carbocycles. The van der Waals surface area contributed by atoms with Gasteiger partial charge in [-0.25, -0.2) is 0 Å². The predicted molar refractivity (Wildman–Crippen MR) is 78.5 cm³/mol. The Hall–Kier alpha value is -0.0800. The van der Waals surface area contributed by atoms with E-state index in [1.807, 2.05) is 0 Å². The molecular formula is C15H34N2. The molecule has 0 aliphatic carbocycles. The van der Waals surface area contributed by atoms with Gasteiger partial charge in [-0.15, -0.1) is 0 Å². The summed E-state index contributed by atoms with van der Waals surface area (Å²) in [6, 6.07) is 0.586. The van der Waals surface area contributed by atoms with Gasteiger partial charge >= 0.3 is 0 Å². The van der Waals surface area contributed by atoms with E-state index in [1.54, 1.807) is 0 Å². The predicted octanol–water partition coefficient (Wildman–Crippen LogP) is 3.43. The van der Waals surface area contributed by atoms with Crippen molar-refractivity contribution < 1.29 is 0 Å². The average Bonchev–Trinajstić information content (AvgIpc) is 2.15. The third kappa shape index (κ3) is 12.2. The van der Waals surface area contributed by atoms with Crippen LogP contribution in [0.5, 0.6) is 0 Å². The molecule has 0 bridgehead atoms. The normalized spacial score (nSPS) is 15.9. The molecule has 2 unspecified atom stereocenters. The smallest absolute Gasteiger partial charge is 0.0164 e. The van der Waals surface area contributed by atoms with Crippen molar-refractivity contribution in [2.45, 2.75) is 66.8 Å². The zero-order chi connectivity index (χ0) is 13.3. The quantitative estimate of drug-likeness (QED) is 0.605. The van der Waals surface area contributed by atoms with Crippen LogP contribution >= 0.6 is 0 Å². The molecule has 17 heavy (non-hydrogen) atoms. The molecule has 0 saturated carbocycles. The van der Waals surface area contributed by atoms with Crippen molar-refractivity contribution in [1.29, 1.82) is 0 Å². The van der Waals surface area contributed by atoms with Gasteiger partial charge in [0.2, 0.25) is 0 Å². The Morgan fingerprint density at radius 2 is 1.71 bits per heavy atom. The minimum Gasteiger partial charge on any atom is -0.315 e. The minimum atomic E-state index is 0.466. The zero-order valence-electron chi connectivity index (χ0n) is 12.9. The van der Waals surface area contributed by atoms with Crippen LogP contribution in [0.3, 0.4) is 0 Å². The van der Waals surface area contributed by atoms with Crippen LogP contribution in [0.4, 0.5) is 0 Å². The zero-order valence-corrected chi connectivity index (χ0v) is 12.9. The first kappa shape index (κ1) is 16.9. The van der Waals surface area contributed by atoms with Gasteiger partial charge in [-0.2, -0.15) is 0 Å². The second-order valence-electron chi connectivity index (χ2n) is 6.72. The first-order valence-electron chi connectivity index (χ1n) is 7.29. The number of hydrogen-bond donors (Lipinski definition) is 2. The van der Waals surface area contributed by atoms with E-state index < -0.39 is 0 Å². The van der Waals surface area contributed by atoms with Crippen LogP contribution in [-0.4, -0.2) is 25.7 Å². The monoisotopic (exact) mass is 242 g/mol. The molecule has 0 heterocycles. The number of rotatable bonds is 9. The van der Waals surface area contributed by atoms with Crippen molar-refractivity contribution in [3.8, 4) is 0 Å². The van der Waals surface area contributed by atoms with Gasteiger partial charge in [0, 0.05) is 12.6 Å². The van der Waals surface area contributed by atoms with Crippen LogP contribution in [-0.2, 0) is 0 Å². The number of hydrogen-bond acceptors (Lipinski definition) is 2. The van der Waals surface area contributed by atoms with Gasteiger partial charge < -0.3 is 10.6 Å². The van der Waals surface area contributed by atoms with Crippen molar-refractivity contribution in [2.24, 2.45) is 11.3 Å². The van der Waals surface area contributed by atoms with Crippen molar-refractivity contribution in [3.05, 3.63) is 0 Å². The largest absolute Gasteiger partial charge is 0.315 e. The highest BCUT2D eigenvalue weighted by atomic mass is 15.0. The van der Waals surface area contributed by atoms with Gasteiger partial charge in [0.05, 0.1) is 0 Å². The topological polar surface area (TPSA) is 24.1 Å². The van der Waals surface area contributed by atoms with E-state index in [-0.39, 0.29) is 0 Å². The summed E-state index contributed by atoms with van der Waals surface area (Å²) in [4.78, 5) is 0. The Kier molecular flexibility index (Phi) is 8.89. The van der Waals surface area contributed by atoms with Crippen LogP contribution < -0.4 is 10.6 Å². The Morgan fingerprint density at radius 1 is 1.06 bits per heavy atom. The van der Waals surface area contributed by atoms with Gasteiger partial charge in [0.1, 0.15) is 0 Å². The van der Waals surface area contributed by atoms with E-state index in [0.717, 1.165) is 25.6 Å². The van der Waals surface area contributed by atoms with E-state index in [9.17, 15) is 0 Å². The second-order valence-corrected chi connectivity index (χ2v) is 6.72. The fraction of sp³-hybridized carbons (Fsp3) is 1.00. The molecule has 2 heteroatoms. The number of nitrogens with one attached hydrogen (secondary N) is 2. The van der Waals surface area contributed by atoms with E-state index in [1.165, 1.54) is 19.3 Å². The van der Waals surface area contributed by atoms with Crippen LogP contribution in [0, 0.1) is 11.3 Å². The maximum Gasteiger partial charge on any atom is 0.0164 e. The lowest BCUT2D eigenvalue weighted by molar-refractivity contribution is 0.292. The van der Waals surface area contributed by atoms with E-state index >= 15 is 0 Å². The van der Waals surface area contributed by atoms with Crippen molar-refractivity contribution >= 4 is 0 Å². The third-order valence-electron chi connectivity index (χ3n) is 2.97. The van der Waals surface area contributed by atoms with Crippen LogP contribution in [0.15, 0.2) is 0 Å². The Morgan fingerprint density at radius 3 is 2.24 bits per heavy atom. The van der Waals surface area contributed by atoms with Gasteiger partial charge in [0.15, 0.2) is 0 Å². The van der Waals surface area contributed by atoms with E-state index in [0.29, 0.717) is 11.5 Å². The molecule has 0 amide bonds. The molecule has 0 radical (unpaired) electrons. The summed E-state index contributed by atoms with van der Waals surface area (Å²) in [7, 11) is 0. The van der Waals surface area contributed by atoms with Crippen LogP contribution in [0.25, 0.3) is 0 Å².